The predicted octanol–water partition coefficient (Wildman–Crippen LogP) is -0.267. The Kier molecular flexibility index (Phi) is 3.14. The van der Waals surface area contributed by atoms with Crippen molar-refractivity contribution in [1.82, 2.24) is 4.72 Å². The molecule has 80 valence electrons. The Hall–Kier alpha value is -0.640. The van der Waals surface area contributed by atoms with E-state index in [0.29, 0.717) is 12.8 Å². The summed E-state index contributed by atoms with van der Waals surface area (Å²) in [6, 6.07) is 1.67. The Morgan fingerprint density at radius 1 is 1.64 bits per heavy atom. The quantitative estimate of drug-likeness (QED) is 0.679. The summed E-state index contributed by atoms with van der Waals surface area (Å²) in [6.07, 6.45) is 2.19. The molecule has 1 atom stereocenters. The molecule has 1 aliphatic rings. The molecule has 0 amide bonds. The van der Waals surface area contributed by atoms with Gasteiger partial charge < -0.3 is 5.11 Å². The molecule has 6 heteroatoms. The molecule has 2 N–H and O–H groups in total. The van der Waals surface area contributed by atoms with Crippen LogP contribution in [0.5, 0.6) is 0 Å². The van der Waals surface area contributed by atoms with E-state index in [1.54, 1.807) is 6.07 Å². The summed E-state index contributed by atoms with van der Waals surface area (Å²) in [4.78, 5) is 0. The number of sulfonamides is 1. The van der Waals surface area contributed by atoms with Crippen LogP contribution >= 0.6 is 0 Å². The fourth-order valence-electron chi connectivity index (χ4n) is 1.36. The SMILES string of the molecule is CC(C#N)S(=O)(=O)NC1(CO)CCC1. The maximum atomic E-state index is 11.5. The Balaban J connectivity index is 2.73. The lowest BCUT2D eigenvalue weighted by molar-refractivity contribution is 0.110. The molecule has 1 saturated carbocycles. The molecule has 1 rings (SSSR count). The highest BCUT2D eigenvalue weighted by molar-refractivity contribution is 7.90. The molecule has 1 unspecified atom stereocenters. The fourth-order valence-corrected chi connectivity index (χ4v) is 2.54. The third-order valence-corrected chi connectivity index (χ3v) is 4.37. The molecule has 0 radical (unpaired) electrons. The third-order valence-electron chi connectivity index (χ3n) is 2.62. The van der Waals surface area contributed by atoms with Crippen LogP contribution in [0.4, 0.5) is 0 Å². The lowest BCUT2D eigenvalue weighted by Gasteiger charge is -2.40. The second-order valence-corrected chi connectivity index (χ2v) is 5.71. The summed E-state index contributed by atoms with van der Waals surface area (Å²) < 4.78 is 25.4. The summed E-state index contributed by atoms with van der Waals surface area (Å²) in [7, 11) is -3.61. The minimum absolute atomic E-state index is 0.204. The van der Waals surface area contributed by atoms with Gasteiger partial charge in [0, 0.05) is 0 Å². The average Bonchev–Trinajstić information content (AvgIpc) is 2.10. The van der Waals surface area contributed by atoms with Crippen LogP contribution < -0.4 is 4.72 Å². The van der Waals surface area contributed by atoms with E-state index < -0.39 is 20.8 Å². The number of hydrogen-bond donors (Lipinski definition) is 2. The van der Waals surface area contributed by atoms with Crippen molar-refractivity contribution in [3.8, 4) is 6.07 Å². The molecule has 0 aromatic rings. The molecule has 1 fully saturated rings. The number of hydrogen-bond acceptors (Lipinski definition) is 4. The van der Waals surface area contributed by atoms with E-state index in [9.17, 15) is 8.42 Å². The zero-order valence-electron chi connectivity index (χ0n) is 8.02. The van der Waals surface area contributed by atoms with Crippen LogP contribution in [0.2, 0.25) is 0 Å². The van der Waals surface area contributed by atoms with Crippen LogP contribution in [0.1, 0.15) is 26.2 Å². The van der Waals surface area contributed by atoms with E-state index in [1.165, 1.54) is 6.92 Å². The third kappa shape index (κ3) is 2.05. The second kappa shape index (κ2) is 3.85. The van der Waals surface area contributed by atoms with E-state index in [4.69, 9.17) is 10.4 Å². The normalized spacial score (nSPS) is 22.1. The van der Waals surface area contributed by atoms with E-state index >= 15 is 0 Å². The first-order chi connectivity index (χ1) is 6.46. The molecule has 0 heterocycles. The number of nitrogens with one attached hydrogen (secondary N) is 1. The van der Waals surface area contributed by atoms with Gasteiger partial charge in [0.1, 0.15) is 0 Å². The lowest BCUT2D eigenvalue weighted by atomic mass is 9.78. The molecule has 0 aromatic heterocycles. The highest BCUT2D eigenvalue weighted by Crippen LogP contribution is 2.32. The van der Waals surface area contributed by atoms with Gasteiger partial charge in [-0.25, -0.2) is 13.1 Å². The zero-order chi connectivity index (χ0) is 10.8. The standard InChI is InChI=1S/C8H14N2O3S/c1-7(5-9)14(12,13)10-8(6-11)3-2-4-8/h7,10-11H,2-4,6H2,1H3. The topological polar surface area (TPSA) is 90.2 Å². The smallest absolute Gasteiger partial charge is 0.228 e. The molecule has 1 aliphatic carbocycles. The van der Waals surface area contributed by atoms with Gasteiger partial charge in [-0.15, -0.1) is 0 Å². The molecular weight excluding hydrogens is 204 g/mol. The summed E-state index contributed by atoms with van der Waals surface area (Å²) in [5, 5.41) is 16.5. The van der Waals surface area contributed by atoms with Gasteiger partial charge in [-0.2, -0.15) is 5.26 Å². The first kappa shape index (κ1) is 11.4. The van der Waals surface area contributed by atoms with Gasteiger partial charge in [0.25, 0.3) is 0 Å². The summed E-state index contributed by atoms with van der Waals surface area (Å²) in [6.45, 7) is 1.12. The monoisotopic (exact) mass is 218 g/mol. The number of nitriles is 1. The van der Waals surface area contributed by atoms with E-state index in [2.05, 4.69) is 4.72 Å². The molecule has 5 nitrogen and oxygen atoms in total. The minimum atomic E-state index is -3.61. The van der Waals surface area contributed by atoms with Crippen molar-refractivity contribution in [2.45, 2.75) is 37.0 Å². The number of aliphatic hydroxyl groups excluding tert-OH is 1. The molecule has 0 aromatic carbocycles. The number of aliphatic hydroxyl groups is 1. The maximum Gasteiger partial charge on any atom is 0.228 e. The largest absolute Gasteiger partial charge is 0.394 e. The van der Waals surface area contributed by atoms with E-state index in [1.807, 2.05) is 0 Å². The van der Waals surface area contributed by atoms with Crippen LogP contribution in [-0.2, 0) is 10.0 Å². The lowest BCUT2D eigenvalue weighted by Crippen LogP contribution is -2.57. The Morgan fingerprint density at radius 2 is 2.21 bits per heavy atom. The Bertz CT molecular complexity index is 335. The van der Waals surface area contributed by atoms with Crippen LogP contribution in [0.25, 0.3) is 0 Å². The van der Waals surface area contributed by atoms with Gasteiger partial charge in [0.2, 0.25) is 10.0 Å². The van der Waals surface area contributed by atoms with Crippen LogP contribution in [-0.4, -0.2) is 30.9 Å². The van der Waals surface area contributed by atoms with Crippen molar-refractivity contribution < 1.29 is 13.5 Å². The van der Waals surface area contributed by atoms with Crippen molar-refractivity contribution in [2.24, 2.45) is 0 Å². The number of nitrogens with zero attached hydrogens (tertiary/aromatic N) is 1. The van der Waals surface area contributed by atoms with Gasteiger partial charge in [-0.05, 0) is 26.2 Å². The molecule has 14 heavy (non-hydrogen) atoms. The molecule has 0 saturated heterocycles. The van der Waals surface area contributed by atoms with Crippen LogP contribution in [0, 0.1) is 11.3 Å². The summed E-state index contributed by atoms with van der Waals surface area (Å²) in [5.41, 5.74) is -0.704. The second-order valence-electron chi connectivity index (χ2n) is 3.71. The van der Waals surface area contributed by atoms with Crippen molar-refractivity contribution in [3.05, 3.63) is 0 Å². The van der Waals surface area contributed by atoms with Crippen LogP contribution in [0.3, 0.4) is 0 Å². The zero-order valence-corrected chi connectivity index (χ0v) is 8.84. The van der Waals surface area contributed by atoms with Crippen molar-refractivity contribution >= 4 is 10.0 Å². The van der Waals surface area contributed by atoms with Gasteiger partial charge in [-0.3, -0.25) is 0 Å². The fraction of sp³-hybridized carbons (Fsp3) is 0.875. The van der Waals surface area contributed by atoms with Crippen molar-refractivity contribution in [2.75, 3.05) is 6.61 Å². The highest BCUT2D eigenvalue weighted by atomic mass is 32.2. The van der Waals surface area contributed by atoms with Crippen LogP contribution in [0.15, 0.2) is 0 Å². The van der Waals surface area contributed by atoms with Gasteiger partial charge >= 0.3 is 0 Å². The predicted molar refractivity (Wildman–Crippen MR) is 50.8 cm³/mol. The van der Waals surface area contributed by atoms with Crippen molar-refractivity contribution in [3.63, 3.8) is 0 Å². The summed E-state index contributed by atoms with van der Waals surface area (Å²) >= 11 is 0. The molecular formula is C8H14N2O3S. The highest BCUT2D eigenvalue weighted by Gasteiger charge is 2.41. The average molecular weight is 218 g/mol. The van der Waals surface area contributed by atoms with Gasteiger partial charge in [0.15, 0.2) is 5.25 Å². The maximum absolute atomic E-state index is 11.5. The Labute approximate surface area is 83.8 Å². The Morgan fingerprint density at radius 3 is 2.50 bits per heavy atom. The molecule has 0 spiro atoms. The van der Waals surface area contributed by atoms with Gasteiger partial charge in [0.05, 0.1) is 18.2 Å². The first-order valence-electron chi connectivity index (χ1n) is 4.49. The number of rotatable bonds is 4. The summed E-state index contributed by atoms with van der Waals surface area (Å²) in [5.74, 6) is 0. The minimum Gasteiger partial charge on any atom is -0.394 e. The first-order valence-corrected chi connectivity index (χ1v) is 6.04. The van der Waals surface area contributed by atoms with E-state index in [-0.39, 0.29) is 6.61 Å². The van der Waals surface area contributed by atoms with Gasteiger partial charge in [-0.1, -0.05) is 0 Å². The molecule has 0 aliphatic heterocycles. The molecule has 0 bridgehead atoms. The van der Waals surface area contributed by atoms with E-state index in [0.717, 1.165) is 6.42 Å². The van der Waals surface area contributed by atoms with Crippen molar-refractivity contribution in [1.29, 1.82) is 5.26 Å².